The average molecular weight is 630 g/mol. The van der Waals surface area contributed by atoms with Gasteiger partial charge in [-0.2, -0.15) is 9.97 Å². The number of hydrogen-bond acceptors (Lipinski definition) is 6. The summed E-state index contributed by atoms with van der Waals surface area (Å²) in [5, 5.41) is 18.4. The van der Waals surface area contributed by atoms with Gasteiger partial charge in [0.25, 0.3) is 0 Å². The fourth-order valence-electron chi connectivity index (χ4n) is 6.59. The van der Waals surface area contributed by atoms with Crippen molar-refractivity contribution in [3.05, 3.63) is 72.8 Å². The van der Waals surface area contributed by atoms with Crippen LogP contribution in [0.5, 0.6) is 17.5 Å². The third-order valence-electron chi connectivity index (χ3n) is 9.61. The Hall–Kier alpha value is -4.45. The molecule has 1 heterocycles. The van der Waals surface area contributed by atoms with Crippen molar-refractivity contribution in [2.45, 2.75) is 79.1 Å². The lowest BCUT2D eigenvalue weighted by atomic mass is 9.92. The number of aromatic nitrogens is 3. The Kier molecular flexibility index (Phi) is 10.4. The number of benzene rings is 5. The van der Waals surface area contributed by atoms with Crippen LogP contribution in [0.3, 0.4) is 0 Å². The Morgan fingerprint density at radius 3 is 1.83 bits per heavy atom. The van der Waals surface area contributed by atoms with E-state index in [2.05, 4.69) is 82.3 Å². The SMILES string of the molecule is CCCCC(CC)COc1ccc(-c2nc(OCC(CC)CCCC)nc(-c3ccc4ccc5cccc6ccc3c4c56)n2)c(O)c1. The van der Waals surface area contributed by atoms with Crippen LogP contribution < -0.4 is 9.47 Å². The molecule has 6 heteroatoms. The minimum Gasteiger partial charge on any atom is -0.507 e. The zero-order valence-corrected chi connectivity index (χ0v) is 28.3. The highest BCUT2D eigenvalue weighted by Crippen LogP contribution is 2.39. The van der Waals surface area contributed by atoms with E-state index in [1.54, 1.807) is 6.07 Å². The summed E-state index contributed by atoms with van der Waals surface area (Å²) < 4.78 is 12.4. The predicted molar refractivity (Wildman–Crippen MR) is 194 cm³/mol. The molecule has 0 spiro atoms. The van der Waals surface area contributed by atoms with E-state index in [0.717, 1.165) is 49.5 Å². The molecular weight excluding hydrogens is 582 g/mol. The highest BCUT2D eigenvalue weighted by molar-refractivity contribution is 6.25. The van der Waals surface area contributed by atoms with Gasteiger partial charge < -0.3 is 14.6 Å². The topological polar surface area (TPSA) is 77.4 Å². The third kappa shape index (κ3) is 7.12. The van der Waals surface area contributed by atoms with Gasteiger partial charge in [-0.1, -0.05) is 115 Å². The normalized spacial score (nSPS) is 13.0. The van der Waals surface area contributed by atoms with Crippen LogP contribution in [-0.4, -0.2) is 33.3 Å². The summed E-state index contributed by atoms with van der Waals surface area (Å²) in [5.74, 6) is 2.51. The molecule has 0 saturated carbocycles. The maximum Gasteiger partial charge on any atom is 0.320 e. The second kappa shape index (κ2) is 15.0. The van der Waals surface area contributed by atoms with Crippen LogP contribution in [0.1, 0.15) is 79.1 Å². The molecule has 6 rings (SSSR count). The van der Waals surface area contributed by atoms with Gasteiger partial charge in [0.1, 0.15) is 11.5 Å². The molecule has 6 nitrogen and oxygen atoms in total. The van der Waals surface area contributed by atoms with Crippen LogP contribution in [0.4, 0.5) is 0 Å². The Morgan fingerprint density at radius 2 is 1.19 bits per heavy atom. The van der Waals surface area contributed by atoms with Crippen LogP contribution >= 0.6 is 0 Å². The molecule has 2 unspecified atom stereocenters. The Bertz CT molecular complexity index is 1920. The van der Waals surface area contributed by atoms with Gasteiger partial charge in [0.05, 0.1) is 18.8 Å². The van der Waals surface area contributed by atoms with E-state index in [-0.39, 0.29) is 11.8 Å². The number of rotatable bonds is 16. The first-order valence-electron chi connectivity index (χ1n) is 17.5. The molecule has 244 valence electrons. The fourth-order valence-corrected chi connectivity index (χ4v) is 6.59. The quantitative estimate of drug-likeness (QED) is 0.107. The first-order valence-corrected chi connectivity index (χ1v) is 17.5. The first kappa shape index (κ1) is 32.5. The van der Waals surface area contributed by atoms with E-state index in [0.29, 0.717) is 48.0 Å². The minimum absolute atomic E-state index is 0.0666. The molecule has 6 aromatic rings. The van der Waals surface area contributed by atoms with Crippen molar-refractivity contribution in [3.63, 3.8) is 0 Å². The van der Waals surface area contributed by atoms with E-state index in [1.807, 2.05) is 12.1 Å². The first-order chi connectivity index (χ1) is 23.0. The highest BCUT2D eigenvalue weighted by atomic mass is 16.5. The van der Waals surface area contributed by atoms with Crippen LogP contribution in [0.15, 0.2) is 72.8 Å². The maximum atomic E-state index is 11.3. The molecule has 5 aromatic carbocycles. The number of phenols is 1. The second-order valence-electron chi connectivity index (χ2n) is 12.9. The van der Waals surface area contributed by atoms with Crippen LogP contribution in [-0.2, 0) is 0 Å². The Labute approximate surface area is 278 Å². The second-order valence-corrected chi connectivity index (χ2v) is 12.9. The number of phenolic OH excluding ortho intramolecular Hbond substituents is 1. The maximum absolute atomic E-state index is 11.3. The van der Waals surface area contributed by atoms with Gasteiger partial charge in [0.15, 0.2) is 11.6 Å². The number of hydrogen-bond donors (Lipinski definition) is 1. The van der Waals surface area contributed by atoms with E-state index < -0.39 is 0 Å². The van der Waals surface area contributed by atoms with Crippen molar-refractivity contribution in [2.24, 2.45) is 11.8 Å². The van der Waals surface area contributed by atoms with Crippen molar-refractivity contribution in [2.75, 3.05) is 13.2 Å². The largest absolute Gasteiger partial charge is 0.507 e. The summed E-state index contributed by atoms with van der Waals surface area (Å²) in [6.45, 7) is 10.0. The van der Waals surface area contributed by atoms with E-state index in [1.165, 1.54) is 39.8 Å². The molecule has 0 fully saturated rings. The van der Waals surface area contributed by atoms with Crippen LogP contribution in [0.2, 0.25) is 0 Å². The van der Waals surface area contributed by atoms with E-state index in [9.17, 15) is 5.11 Å². The third-order valence-corrected chi connectivity index (χ3v) is 9.61. The molecule has 0 bridgehead atoms. The monoisotopic (exact) mass is 629 g/mol. The molecule has 0 aliphatic carbocycles. The molecule has 1 aromatic heterocycles. The van der Waals surface area contributed by atoms with Gasteiger partial charge in [0.2, 0.25) is 0 Å². The van der Waals surface area contributed by atoms with E-state index >= 15 is 0 Å². The van der Waals surface area contributed by atoms with Gasteiger partial charge in [-0.05, 0) is 75.2 Å². The van der Waals surface area contributed by atoms with Crippen LogP contribution in [0, 0.1) is 11.8 Å². The van der Waals surface area contributed by atoms with Gasteiger partial charge in [0, 0.05) is 11.6 Å². The molecule has 47 heavy (non-hydrogen) atoms. The van der Waals surface area contributed by atoms with Crippen molar-refractivity contribution in [1.82, 2.24) is 15.0 Å². The molecule has 0 amide bonds. The lowest BCUT2D eigenvalue weighted by Crippen LogP contribution is -2.13. The summed E-state index contributed by atoms with van der Waals surface area (Å²) in [7, 11) is 0. The van der Waals surface area contributed by atoms with Crippen molar-refractivity contribution in [1.29, 1.82) is 0 Å². The van der Waals surface area contributed by atoms with Crippen LogP contribution in [0.25, 0.3) is 55.1 Å². The fraction of sp³-hybridized carbons (Fsp3) is 0.390. The number of ether oxygens (including phenoxy) is 2. The molecule has 2 atom stereocenters. The van der Waals surface area contributed by atoms with Gasteiger partial charge in [-0.3, -0.25) is 0 Å². The van der Waals surface area contributed by atoms with Crippen molar-refractivity contribution in [3.8, 4) is 40.3 Å². The zero-order chi connectivity index (χ0) is 32.8. The smallest absolute Gasteiger partial charge is 0.320 e. The Morgan fingerprint density at radius 1 is 0.617 bits per heavy atom. The number of nitrogens with zero attached hydrogens (tertiary/aromatic N) is 3. The van der Waals surface area contributed by atoms with Crippen molar-refractivity contribution < 1.29 is 14.6 Å². The predicted octanol–water partition coefficient (Wildman–Crippen LogP) is 11.0. The summed E-state index contributed by atoms with van der Waals surface area (Å²) in [6, 6.07) is 25.0. The molecule has 1 N–H and O–H groups in total. The standard InChI is InChI=1S/C41H47N3O3/c1-5-9-12-27(7-3)25-46-32-20-23-35(36(45)24-32)40-42-39(43-41(44-40)47-26-28(8-4)13-10-6-2)34-22-19-31-17-16-29-14-11-15-30-18-21-33(34)38(31)37(29)30/h11,14-24,27-28,45H,5-10,12-13,25-26H2,1-4H3. The lowest BCUT2D eigenvalue weighted by Gasteiger charge is -2.17. The summed E-state index contributed by atoms with van der Waals surface area (Å²) in [5.41, 5.74) is 1.42. The lowest BCUT2D eigenvalue weighted by molar-refractivity contribution is 0.217. The summed E-state index contributed by atoms with van der Waals surface area (Å²) in [6.07, 6.45) is 9.04. The van der Waals surface area contributed by atoms with Gasteiger partial charge >= 0.3 is 6.01 Å². The number of aromatic hydroxyl groups is 1. The molecule has 0 saturated heterocycles. The minimum atomic E-state index is 0.0666. The van der Waals surface area contributed by atoms with Gasteiger partial charge in [-0.15, -0.1) is 0 Å². The molecule has 0 aliphatic rings. The zero-order valence-electron chi connectivity index (χ0n) is 28.3. The summed E-state index contributed by atoms with van der Waals surface area (Å²) >= 11 is 0. The Balaban J connectivity index is 1.39. The summed E-state index contributed by atoms with van der Waals surface area (Å²) in [4.78, 5) is 14.6. The molecular formula is C41H47N3O3. The molecule has 0 aliphatic heterocycles. The van der Waals surface area contributed by atoms with Crippen molar-refractivity contribution >= 4 is 32.3 Å². The van der Waals surface area contributed by atoms with E-state index in [4.69, 9.17) is 24.4 Å². The number of unbranched alkanes of at least 4 members (excludes halogenated alkanes) is 2. The van der Waals surface area contributed by atoms with Gasteiger partial charge in [-0.25, -0.2) is 4.98 Å². The molecule has 0 radical (unpaired) electrons. The average Bonchev–Trinajstić information content (AvgIpc) is 3.10. The highest BCUT2D eigenvalue weighted by Gasteiger charge is 2.19.